The third-order valence-electron chi connectivity index (χ3n) is 4.37. The minimum absolute atomic E-state index is 0.0143. The number of carbonyl (C=O) groups excluding carboxylic acids is 1. The van der Waals surface area contributed by atoms with Gasteiger partial charge in [0, 0.05) is 18.5 Å². The zero-order valence-corrected chi connectivity index (χ0v) is 18.7. The Kier molecular flexibility index (Phi) is 6.64. The summed E-state index contributed by atoms with van der Waals surface area (Å²) in [5.41, 5.74) is 1.91. The summed E-state index contributed by atoms with van der Waals surface area (Å²) in [6.07, 6.45) is -0.0143. The van der Waals surface area contributed by atoms with Gasteiger partial charge < -0.3 is 5.32 Å². The van der Waals surface area contributed by atoms with Gasteiger partial charge in [0.2, 0.25) is 21.1 Å². The van der Waals surface area contributed by atoms with Crippen LogP contribution in [-0.4, -0.2) is 31.1 Å². The lowest BCUT2D eigenvalue weighted by Gasteiger charge is -2.19. The van der Waals surface area contributed by atoms with E-state index in [9.17, 15) is 13.2 Å². The molecule has 0 aliphatic carbocycles. The largest absolute Gasteiger partial charge is 0.300 e. The first kappa shape index (κ1) is 22.1. The molecule has 0 atom stereocenters. The summed E-state index contributed by atoms with van der Waals surface area (Å²) in [6.45, 7) is 6.18. The van der Waals surface area contributed by atoms with Crippen molar-refractivity contribution in [1.82, 2.24) is 14.9 Å². The molecule has 9 heteroatoms. The number of hydrogen-bond donors (Lipinski definition) is 2. The number of nitrogens with one attached hydrogen (secondary N) is 2. The third-order valence-corrected chi connectivity index (χ3v) is 6.73. The van der Waals surface area contributed by atoms with E-state index in [1.165, 1.54) is 11.3 Å². The van der Waals surface area contributed by atoms with Crippen molar-refractivity contribution in [2.45, 2.75) is 37.5 Å². The Morgan fingerprint density at radius 2 is 1.67 bits per heavy atom. The molecule has 0 aliphatic rings. The molecule has 30 heavy (non-hydrogen) atoms. The van der Waals surface area contributed by atoms with Crippen LogP contribution in [0.1, 0.15) is 32.8 Å². The molecule has 0 radical (unpaired) electrons. The highest BCUT2D eigenvalue weighted by Gasteiger charge is 2.18. The number of anilines is 1. The van der Waals surface area contributed by atoms with Crippen LogP contribution in [0, 0.1) is 0 Å². The van der Waals surface area contributed by atoms with E-state index in [0.29, 0.717) is 10.1 Å². The van der Waals surface area contributed by atoms with Crippen LogP contribution in [0.5, 0.6) is 0 Å². The fourth-order valence-electron chi connectivity index (χ4n) is 2.67. The van der Waals surface area contributed by atoms with Gasteiger partial charge in [-0.25, -0.2) is 13.1 Å². The molecule has 3 aromatic rings. The molecule has 1 amide bonds. The maximum absolute atomic E-state index is 12.4. The van der Waals surface area contributed by atoms with E-state index in [0.717, 1.165) is 11.1 Å². The van der Waals surface area contributed by atoms with E-state index >= 15 is 0 Å². The van der Waals surface area contributed by atoms with Crippen LogP contribution in [0.3, 0.4) is 0 Å². The van der Waals surface area contributed by atoms with E-state index in [1.54, 1.807) is 24.3 Å². The van der Waals surface area contributed by atoms with Crippen LogP contribution < -0.4 is 10.0 Å². The smallest absolute Gasteiger partial charge is 0.240 e. The van der Waals surface area contributed by atoms with Crippen LogP contribution in [0.25, 0.3) is 10.6 Å². The van der Waals surface area contributed by atoms with Crippen molar-refractivity contribution in [2.24, 2.45) is 0 Å². The number of nitrogens with zero attached hydrogens (tertiary/aromatic N) is 2. The van der Waals surface area contributed by atoms with Crippen LogP contribution >= 0.6 is 11.3 Å². The Morgan fingerprint density at radius 1 is 1.00 bits per heavy atom. The maximum atomic E-state index is 12.4. The van der Waals surface area contributed by atoms with Crippen molar-refractivity contribution >= 4 is 32.4 Å². The summed E-state index contributed by atoms with van der Waals surface area (Å²) in [4.78, 5) is 12.3. The molecule has 0 aliphatic heterocycles. The number of hydrogen-bond acceptors (Lipinski definition) is 6. The van der Waals surface area contributed by atoms with Gasteiger partial charge in [-0.15, -0.1) is 10.2 Å². The standard InChI is InChI=1S/C21H24N4O3S2/c1-21(2,3)16-9-11-17(12-10-16)30(27,28)22-14-13-18(26)23-20-25-24-19(29-20)15-7-5-4-6-8-15/h4-12,22H,13-14H2,1-3H3,(H,23,25,26). The van der Waals surface area contributed by atoms with E-state index in [4.69, 9.17) is 0 Å². The molecule has 0 spiro atoms. The number of rotatable bonds is 7. The van der Waals surface area contributed by atoms with Gasteiger partial charge in [-0.05, 0) is 23.1 Å². The molecule has 2 N–H and O–H groups in total. The number of benzene rings is 2. The highest BCUT2D eigenvalue weighted by Crippen LogP contribution is 2.26. The number of sulfonamides is 1. The van der Waals surface area contributed by atoms with Crippen molar-refractivity contribution in [2.75, 3.05) is 11.9 Å². The molecule has 0 saturated carbocycles. The van der Waals surface area contributed by atoms with Crippen LogP contribution in [0.2, 0.25) is 0 Å². The summed E-state index contributed by atoms with van der Waals surface area (Å²) in [5, 5.41) is 11.8. The minimum atomic E-state index is -3.68. The first-order chi connectivity index (χ1) is 14.1. The minimum Gasteiger partial charge on any atom is -0.300 e. The van der Waals surface area contributed by atoms with Gasteiger partial charge >= 0.3 is 0 Å². The van der Waals surface area contributed by atoms with Gasteiger partial charge in [0.25, 0.3) is 0 Å². The fourth-order valence-corrected chi connectivity index (χ4v) is 4.47. The maximum Gasteiger partial charge on any atom is 0.240 e. The molecule has 1 aromatic heterocycles. The Hall–Kier alpha value is -2.62. The second-order valence-corrected chi connectivity index (χ2v) is 10.5. The summed E-state index contributed by atoms with van der Waals surface area (Å²) in [6, 6.07) is 16.3. The zero-order chi connectivity index (χ0) is 21.8. The SMILES string of the molecule is CC(C)(C)c1ccc(S(=O)(=O)NCCC(=O)Nc2nnc(-c3ccccc3)s2)cc1. The van der Waals surface area contributed by atoms with Gasteiger partial charge in [-0.2, -0.15) is 0 Å². The molecule has 1 heterocycles. The summed E-state index contributed by atoms with van der Waals surface area (Å²) < 4.78 is 27.3. The Morgan fingerprint density at radius 3 is 2.30 bits per heavy atom. The molecule has 158 valence electrons. The van der Waals surface area contributed by atoms with Gasteiger partial charge in [-0.1, -0.05) is 74.6 Å². The lowest BCUT2D eigenvalue weighted by atomic mass is 9.87. The number of amides is 1. The van der Waals surface area contributed by atoms with Crippen molar-refractivity contribution in [3.8, 4) is 10.6 Å². The average Bonchev–Trinajstić information content (AvgIpc) is 3.16. The van der Waals surface area contributed by atoms with E-state index in [2.05, 4.69) is 41.0 Å². The van der Waals surface area contributed by atoms with E-state index < -0.39 is 10.0 Å². The fraction of sp³-hybridized carbons (Fsp3) is 0.286. The van der Waals surface area contributed by atoms with Crippen molar-refractivity contribution in [1.29, 1.82) is 0 Å². The highest BCUT2D eigenvalue weighted by molar-refractivity contribution is 7.89. The van der Waals surface area contributed by atoms with Crippen LogP contribution in [0.4, 0.5) is 5.13 Å². The molecule has 0 saturated heterocycles. The Balaban J connectivity index is 1.52. The molecule has 2 aromatic carbocycles. The number of aromatic nitrogens is 2. The molecule has 3 rings (SSSR count). The predicted octanol–water partition coefficient (Wildman–Crippen LogP) is 3.81. The normalized spacial score (nSPS) is 12.0. The third kappa shape index (κ3) is 5.71. The number of carbonyl (C=O) groups is 1. The predicted molar refractivity (Wildman–Crippen MR) is 119 cm³/mol. The molecule has 7 nitrogen and oxygen atoms in total. The van der Waals surface area contributed by atoms with Gasteiger partial charge in [0.15, 0.2) is 0 Å². The van der Waals surface area contributed by atoms with Crippen molar-refractivity contribution in [3.05, 3.63) is 60.2 Å². The molecular formula is C21H24N4O3S2. The molecule has 0 fully saturated rings. The van der Waals surface area contributed by atoms with Gasteiger partial charge in [0.05, 0.1) is 4.90 Å². The Bertz CT molecular complexity index is 1100. The lowest BCUT2D eigenvalue weighted by molar-refractivity contribution is -0.116. The molecular weight excluding hydrogens is 420 g/mol. The lowest BCUT2D eigenvalue weighted by Crippen LogP contribution is -2.28. The monoisotopic (exact) mass is 444 g/mol. The summed E-state index contributed by atoms with van der Waals surface area (Å²) in [7, 11) is -3.68. The van der Waals surface area contributed by atoms with E-state index in [-0.39, 0.29) is 29.2 Å². The van der Waals surface area contributed by atoms with Crippen molar-refractivity contribution < 1.29 is 13.2 Å². The second-order valence-electron chi connectivity index (χ2n) is 7.75. The van der Waals surface area contributed by atoms with Crippen molar-refractivity contribution in [3.63, 3.8) is 0 Å². The summed E-state index contributed by atoms with van der Waals surface area (Å²) in [5.74, 6) is -0.337. The second kappa shape index (κ2) is 9.03. The van der Waals surface area contributed by atoms with Crippen LogP contribution in [-0.2, 0) is 20.2 Å². The Labute approximate surface area is 180 Å². The van der Waals surface area contributed by atoms with Gasteiger partial charge in [0.1, 0.15) is 5.01 Å². The quantitative estimate of drug-likeness (QED) is 0.577. The van der Waals surface area contributed by atoms with Crippen LogP contribution in [0.15, 0.2) is 59.5 Å². The first-order valence-electron chi connectivity index (χ1n) is 9.44. The average molecular weight is 445 g/mol. The molecule has 0 bridgehead atoms. The highest BCUT2D eigenvalue weighted by atomic mass is 32.2. The van der Waals surface area contributed by atoms with Gasteiger partial charge in [-0.3, -0.25) is 4.79 Å². The topological polar surface area (TPSA) is 101 Å². The molecule has 0 unspecified atom stereocenters. The summed E-state index contributed by atoms with van der Waals surface area (Å²) >= 11 is 1.26. The zero-order valence-electron chi connectivity index (χ0n) is 17.0. The van der Waals surface area contributed by atoms with E-state index in [1.807, 2.05) is 30.3 Å². The first-order valence-corrected chi connectivity index (χ1v) is 11.7.